The summed E-state index contributed by atoms with van der Waals surface area (Å²) in [4.78, 5) is 38.7. The van der Waals surface area contributed by atoms with Crippen LogP contribution in [0.15, 0.2) is 72.8 Å². The van der Waals surface area contributed by atoms with E-state index in [1.807, 2.05) is 61.5 Å². The van der Waals surface area contributed by atoms with Crippen molar-refractivity contribution in [2.45, 2.75) is 13.3 Å². The Morgan fingerprint density at radius 3 is 2.31 bits per heavy atom. The number of para-hydroxylation sites is 1. The monoisotopic (exact) mass is 384 g/mol. The predicted molar refractivity (Wildman–Crippen MR) is 112 cm³/mol. The third kappa shape index (κ3) is 3.67. The lowest BCUT2D eigenvalue weighted by atomic mass is 10.0. The molecule has 0 aromatic heterocycles. The lowest BCUT2D eigenvalue weighted by Gasteiger charge is -2.15. The number of hydrogen-bond donors (Lipinski definition) is 1. The second kappa shape index (κ2) is 7.72. The standard InChI is InChI=1S/C24H20N2O3/c1-16-11-12-19-20(15-16)24(29)26(23(19)28)14-13-22(27)25-21-10-6-5-9-18(21)17-7-3-2-4-8-17/h2-12,15H,13-14H2,1H3,(H,25,27). The van der Waals surface area contributed by atoms with Gasteiger partial charge in [-0.1, -0.05) is 60.2 Å². The topological polar surface area (TPSA) is 66.5 Å². The first-order valence-electron chi connectivity index (χ1n) is 9.46. The zero-order chi connectivity index (χ0) is 20.4. The average Bonchev–Trinajstić information content (AvgIpc) is 2.97. The van der Waals surface area contributed by atoms with Gasteiger partial charge in [-0.3, -0.25) is 19.3 Å². The van der Waals surface area contributed by atoms with Crippen LogP contribution in [0.25, 0.3) is 11.1 Å². The summed E-state index contributed by atoms with van der Waals surface area (Å²) in [6.07, 6.45) is 0.0353. The van der Waals surface area contributed by atoms with Gasteiger partial charge in [-0.25, -0.2) is 0 Å². The molecule has 0 saturated carbocycles. The molecule has 3 amide bonds. The molecule has 0 bridgehead atoms. The number of benzene rings is 3. The molecule has 0 fully saturated rings. The summed E-state index contributed by atoms with van der Waals surface area (Å²) in [7, 11) is 0. The largest absolute Gasteiger partial charge is 0.325 e. The highest BCUT2D eigenvalue weighted by molar-refractivity contribution is 6.21. The van der Waals surface area contributed by atoms with Gasteiger partial charge < -0.3 is 5.32 Å². The van der Waals surface area contributed by atoms with Crippen molar-refractivity contribution < 1.29 is 14.4 Å². The Labute approximate surface area is 169 Å². The summed E-state index contributed by atoms with van der Waals surface area (Å²) in [6.45, 7) is 1.92. The maximum Gasteiger partial charge on any atom is 0.261 e. The third-order valence-corrected chi connectivity index (χ3v) is 4.97. The number of aryl methyl sites for hydroxylation is 1. The summed E-state index contributed by atoms with van der Waals surface area (Å²) in [5, 5.41) is 2.90. The smallest absolute Gasteiger partial charge is 0.261 e. The van der Waals surface area contributed by atoms with Crippen molar-refractivity contribution in [3.05, 3.63) is 89.5 Å². The van der Waals surface area contributed by atoms with Crippen molar-refractivity contribution in [1.82, 2.24) is 4.90 Å². The number of hydrogen-bond acceptors (Lipinski definition) is 3. The first kappa shape index (κ1) is 18.6. The summed E-state index contributed by atoms with van der Waals surface area (Å²) in [6, 6.07) is 22.5. The van der Waals surface area contributed by atoms with Gasteiger partial charge in [0.25, 0.3) is 11.8 Å². The van der Waals surface area contributed by atoms with Gasteiger partial charge in [0.15, 0.2) is 0 Å². The van der Waals surface area contributed by atoms with Crippen molar-refractivity contribution >= 4 is 23.4 Å². The van der Waals surface area contributed by atoms with Gasteiger partial charge in [0.1, 0.15) is 0 Å². The Morgan fingerprint density at radius 2 is 1.52 bits per heavy atom. The highest BCUT2D eigenvalue weighted by Crippen LogP contribution is 2.28. The van der Waals surface area contributed by atoms with Crippen molar-refractivity contribution in [3.8, 4) is 11.1 Å². The number of carbonyl (C=O) groups is 3. The van der Waals surface area contributed by atoms with E-state index < -0.39 is 0 Å². The van der Waals surface area contributed by atoms with Crippen LogP contribution < -0.4 is 5.32 Å². The summed E-state index contributed by atoms with van der Waals surface area (Å²) in [5.41, 5.74) is 4.33. The van der Waals surface area contributed by atoms with E-state index in [9.17, 15) is 14.4 Å². The molecular formula is C24H20N2O3. The van der Waals surface area contributed by atoms with Crippen LogP contribution in [0.2, 0.25) is 0 Å². The second-order valence-electron chi connectivity index (χ2n) is 7.02. The molecule has 0 aliphatic carbocycles. The first-order valence-corrected chi connectivity index (χ1v) is 9.46. The minimum absolute atomic E-state index is 0.0353. The van der Waals surface area contributed by atoms with E-state index in [1.165, 1.54) is 0 Å². The number of anilines is 1. The normalized spacial score (nSPS) is 12.8. The number of fused-ring (bicyclic) bond motifs is 1. The van der Waals surface area contributed by atoms with Crippen LogP contribution in [-0.2, 0) is 4.79 Å². The average molecular weight is 384 g/mol. The molecule has 144 valence electrons. The minimum atomic E-state index is -0.345. The SMILES string of the molecule is Cc1ccc2c(c1)C(=O)N(CCC(=O)Nc1ccccc1-c1ccccc1)C2=O. The number of nitrogens with one attached hydrogen (secondary N) is 1. The lowest BCUT2D eigenvalue weighted by molar-refractivity contribution is -0.116. The van der Waals surface area contributed by atoms with Crippen LogP contribution in [-0.4, -0.2) is 29.2 Å². The number of imide groups is 1. The zero-order valence-corrected chi connectivity index (χ0v) is 16.0. The molecule has 1 aliphatic rings. The molecule has 0 spiro atoms. The van der Waals surface area contributed by atoms with E-state index in [0.717, 1.165) is 21.6 Å². The Morgan fingerprint density at radius 1 is 0.828 bits per heavy atom. The molecule has 1 aliphatic heterocycles. The maximum atomic E-state index is 12.5. The van der Waals surface area contributed by atoms with Gasteiger partial charge in [-0.15, -0.1) is 0 Å². The minimum Gasteiger partial charge on any atom is -0.325 e. The maximum absolute atomic E-state index is 12.5. The van der Waals surface area contributed by atoms with Crippen molar-refractivity contribution in [3.63, 3.8) is 0 Å². The Bertz CT molecular complexity index is 1110. The summed E-state index contributed by atoms with van der Waals surface area (Å²) < 4.78 is 0. The quantitative estimate of drug-likeness (QED) is 0.668. The predicted octanol–water partition coefficient (Wildman–Crippen LogP) is 4.29. The summed E-state index contributed by atoms with van der Waals surface area (Å²) in [5.74, 6) is -0.935. The Hall–Kier alpha value is -3.73. The van der Waals surface area contributed by atoms with Gasteiger partial charge in [0, 0.05) is 24.2 Å². The van der Waals surface area contributed by atoms with E-state index in [-0.39, 0.29) is 30.7 Å². The highest BCUT2D eigenvalue weighted by Gasteiger charge is 2.35. The van der Waals surface area contributed by atoms with Crippen LogP contribution in [0.3, 0.4) is 0 Å². The molecule has 0 unspecified atom stereocenters. The fourth-order valence-corrected chi connectivity index (χ4v) is 3.50. The van der Waals surface area contributed by atoms with Gasteiger partial charge in [-0.2, -0.15) is 0 Å². The number of rotatable bonds is 5. The first-order chi connectivity index (χ1) is 14.0. The van der Waals surface area contributed by atoms with Crippen LogP contribution >= 0.6 is 0 Å². The van der Waals surface area contributed by atoms with Gasteiger partial charge in [0.05, 0.1) is 11.1 Å². The molecule has 29 heavy (non-hydrogen) atoms. The Kier molecular flexibility index (Phi) is 4.96. The second-order valence-corrected chi connectivity index (χ2v) is 7.02. The van der Waals surface area contributed by atoms with Crippen LogP contribution in [0.1, 0.15) is 32.7 Å². The molecule has 0 atom stereocenters. The Balaban J connectivity index is 1.45. The molecular weight excluding hydrogens is 364 g/mol. The number of carbonyl (C=O) groups excluding carboxylic acids is 3. The van der Waals surface area contributed by atoms with Crippen molar-refractivity contribution in [1.29, 1.82) is 0 Å². The van der Waals surface area contributed by atoms with Crippen LogP contribution in [0.5, 0.6) is 0 Å². The van der Waals surface area contributed by atoms with Crippen LogP contribution in [0.4, 0.5) is 5.69 Å². The molecule has 0 radical (unpaired) electrons. The summed E-state index contributed by atoms with van der Waals surface area (Å²) >= 11 is 0. The number of amides is 3. The lowest BCUT2D eigenvalue weighted by Crippen LogP contribution is -2.32. The van der Waals surface area contributed by atoms with E-state index in [0.29, 0.717) is 16.8 Å². The van der Waals surface area contributed by atoms with E-state index in [2.05, 4.69) is 5.32 Å². The fraction of sp³-hybridized carbons (Fsp3) is 0.125. The highest BCUT2D eigenvalue weighted by atomic mass is 16.2. The van der Waals surface area contributed by atoms with E-state index in [4.69, 9.17) is 0 Å². The number of nitrogens with zero attached hydrogens (tertiary/aromatic N) is 1. The molecule has 0 saturated heterocycles. The van der Waals surface area contributed by atoms with Crippen molar-refractivity contribution in [2.24, 2.45) is 0 Å². The van der Waals surface area contributed by atoms with Crippen molar-refractivity contribution in [2.75, 3.05) is 11.9 Å². The fourth-order valence-electron chi connectivity index (χ4n) is 3.50. The molecule has 3 aromatic carbocycles. The van der Waals surface area contributed by atoms with Crippen LogP contribution in [0, 0.1) is 6.92 Å². The van der Waals surface area contributed by atoms with Gasteiger partial charge in [0.2, 0.25) is 5.91 Å². The van der Waals surface area contributed by atoms with E-state index in [1.54, 1.807) is 18.2 Å². The third-order valence-electron chi connectivity index (χ3n) is 4.97. The molecule has 1 N–H and O–H groups in total. The molecule has 5 heteroatoms. The zero-order valence-electron chi connectivity index (χ0n) is 16.0. The molecule has 5 nitrogen and oxygen atoms in total. The molecule has 4 rings (SSSR count). The van der Waals surface area contributed by atoms with E-state index >= 15 is 0 Å². The van der Waals surface area contributed by atoms with Gasteiger partial charge >= 0.3 is 0 Å². The molecule has 1 heterocycles. The molecule has 3 aromatic rings. The van der Waals surface area contributed by atoms with Gasteiger partial charge in [-0.05, 0) is 30.7 Å².